The Morgan fingerprint density at radius 3 is 2.65 bits per heavy atom. The van der Waals surface area contributed by atoms with Gasteiger partial charge in [-0.3, -0.25) is 4.98 Å². The number of benzene rings is 1. The maximum Gasteiger partial charge on any atom is 0.573 e. The predicted octanol–water partition coefficient (Wildman–Crippen LogP) is 4.58. The molecule has 2 atom stereocenters. The van der Waals surface area contributed by atoms with Crippen molar-refractivity contribution < 1.29 is 36.9 Å². The number of halogens is 3. The molecule has 10 heteroatoms. The molecule has 1 aromatic carbocycles. The number of alkyl carbamates (subject to hydrolysis) is 1. The number of hydrogen-bond acceptors (Lipinski definition) is 6. The lowest BCUT2D eigenvalue weighted by atomic mass is 10.1. The van der Waals surface area contributed by atoms with Crippen molar-refractivity contribution in [2.45, 2.75) is 57.7 Å². The molecular weight excluding hydrogens is 417 g/mol. The van der Waals surface area contributed by atoms with Gasteiger partial charge in [0.1, 0.15) is 23.7 Å². The Bertz CT molecular complexity index is 906. The van der Waals surface area contributed by atoms with Crippen LogP contribution in [-0.2, 0) is 9.47 Å². The second kappa shape index (κ2) is 9.17. The highest BCUT2D eigenvalue weighted by Gasteiger charge is 2.31. The van der Waals surface area contributed by atoms with Crippen molar-refractivity contribution in [3.05, 3.63) is 30.5 Å². The second-order valence-corrected chi connectivity index (χ2v) is 8.22. The molecule has 0 aliphatic carbocycles. The smallest absolute Gasteiger partial charge is 0.490 e. The Kier molecular flexibility index (Phi) is 6.78. The van der Waals surface area contributed by atoms with E-state index >= 15 is 0 Å². The highest BCUT2D eigenvalue weighted by Crippen LogP contribution is 2.31. The molecule has 1 aromatic heterocycles. The first-order valence-electron chi connectivity index (χ1n) is 9.87. The van der Waals surface area contributed by atoms with Crippen LogP contribution in [0.15, 0.2) is 30.5 Å². The third kappa shape index (κ3) is 7.16. The number of fused-ring (bicyclic) bond motifs is 1. The summed E-state index contributed by atoms with van der Waals surface area (Å²) in [5, 5.41) is 3.18. The van der Waals surface area contributed by atoms with Crippen molar-refractivity contribution in [3.8, 4) is 11.5 Å². The summed E-state index contributed by atoms with van der Waals surface area (Å²) in [7, 11) is 0. The van der Waals surface area contributed by atoms with Crippen LogP contribution in [0.5, 0.6) is 11.5 Å². The Hall–Kier alpha value is -2.75. The minimum atomic E-state index is -4.78. The molecule has 7 nitrogen and oxygen atoms in total. The Morgan fingerprint density at radius 1 is 1.23 bits per heavy atom. The van der Waals surface area contributed by atoms with Crippen molar-refractivity contribution in [3.63, 3.8) is 0 Å². The van der Waals surface area contributed by atoms with E-state index in [-0.39, 0.29) is 24.5 Å². The Morgan fingerprint density at radius 2 is 2.00 bits per heavy atom. The maximum absolute atomic E-state index is 12.5. The van der Waals surface area contributed by atoms with Crippen LogP contribution in [0.1, 0.15) is 33.6 Å². The van der Waals surface area contributed by atoms with Gasteiger partial charge >= 0.3 is 12.5 Å². The van der Waals surface area contributed by atoms with Gasteiger partial charge in [-0.25, -0.2) is 4.79 Å². The first kappa shape index (κ1) is 22.9. The number of ether oxygens (including phenoxy) is 4. The van der Waals surface area contributed by atoms with Crippen molar-refractivity contribution >= 4 is 17.0 Å². The van der Waals surface area contributed by atoms with Gasteiger partial charge in [0.25, 0.3) is 0 Å². The van der Waals surface area contributed by atoms with Gasteiger partial charge < -0.3 is 24.3 Å². The van der Waals surface area contributed by atoms with Gasteiger partial charge in [-0.15, -0.1) is 13.2 Å². The highest BCUT2D eigenvalue weighted by molar-refractivity contribution is 5.86. The lowest BCUT2D eigenvalue weighted by Crippen LogP contribution is -2.45. The summed E-state index contributed by atoms with van der Waals surface area (Å²) in [6, 6.07) is 5.31. The third-order valence-electron chi connectivity index (χ3n) is 4.42. The fourth-order valence-corrected chi connectivity index (χ4v) is 3.13. The van der Waals surface area contributed by atoms with E-state index in [0.717, 1.165) is 0 Å². The monoisotopic (exact) mass is 442 g/mol. The van der Waals surface area contributed by atoms with Gasteiger partial charge in [-0.1, -0.05) is 0 Å². The summed E-state index contributed by atoms with van der Waals surface area (Å²) >= 11 is 0. The van der Waals surface area contributed by atoms with Gasteiger partial charge in [0.15, 0.2) is 0 Å². The minimum absolute atomic E-state index is 0.157. The lowest BCUT2D eigenvalue weighted by molar-refractivity contribution is -0.274. The zero-order valence-corrected chi connectivity index (χ0v) is 17.5. The normalized spacial score (nSPS) is 19.7. The van der Waals surface area contributed by atoms with Crippen molar-refractivity contribution in [2.24, 2.45) is 0 Å². The van der Waals surface area contributed by atoms with Crippen molar-refractivity contribution in [1.82, 2.24) is 10.3 Å². The van der Waals surface area contributed by atoms with Crippen LogP contribution in [0.25, 0.3) is 10.9 Å². The van der Waals surface area contributed by atoms with Crippen LogP contribution in [-0.4, -0.2) is 48.4 Å². The molecule has 0 bridgehead atoms. The third-order valence-corrected chi connectivity index (χ3v) is 4.42. The molecular formula is C21H25F3N2O5. The molecule has 0 unspecified atom stereocenters. The summed E-state index contributed by atoms with van der Waals surface area (Å²) < 4.78 is 58.3. The minimum Gasteiger partial charge on any atom is -0.490 e. The summed E-state index contributed by atoms with van der Waals surface area (Å²) in [6.07, 6.45) is -2.63. The SMILES string of the molecule is CC(C)(C)OC(=O)N[C@@H]1CC[C@@H](COc2ccnc3ccc(OC(F)(F)F)cc23)OC1. The Labute approximate surface area is 177 Å². The first-order chi connectivity index (χ1) is 14.5. The number of rotatable bonds is 5. The van der Waals surface area contributed by atoms with E-state index in [2.05, 4.69) is 15.0 Å². The van der Waals surface area contributed by atoms with Crippen LogP contribution in [0, 0.1) is 0 Å². The summed E-state index contributed by atoms with van der Waals surface area (Å²) in [6.45, 7) is 5.89. The van der Waals surface area contributed by atoms with E-state index in [4.69, 9.17) is 14.2 Å². The number of amides is 1. The molecule has 1 aliphatic rings. The van der Waals surface area contributed by atoms with Gasteiger partial charge in [-0.2, -0.15) is 0 Å². The number of nitrogens with one attached hydrogen (secondary N) is 1. The van der Waals surface area contributed by atoms with Crippen LogP contribution >= 0.6 is 0 Å². The average Bonchev–Trinajstić information content (AvgIpc) is 2.64. The second-order valence-electron chi connectivity index (χ2n) is 8.22. The molecule has 2 heterocycles. The molecule has 1 fully saturated rings. The molecule has 0 spiro atoms. The van der Waals surface area contributed by atoms with Gasteiger partial charge in [0, 0.05) is 11.6 Å². The van der Waals surface area contributed by atoms with E-state index in [9.17, 15) is 18.0 Å². The molecule has 0 radical (unpaired) electrons. The van der Waals surface area contributed by atoms with Crippen molar-refractivity contribution in [1.29, 1.82) is 0 Å². The van der Waals surface area contributed by atoms with E-state index in [1.165, 1.54) is 24.4 Å². The number of hydrogen-bond donors (Lipinski definition) is 1. The molecule has 31 heavy (non-hydrogen) atoms. The number of carbonyl (C=O) groups is 1. The topological polar surface area (TPSA) is 78.9 Å². The number of nitrogens with zero attached hydrogens (tertiary/aromatic N) is 1. The number of pyridine rings is 1. The maximum atomic E-state index is 12.5. The summed E-state index contributed by atoms with van der Waals surface area (Å²) in [5.41, 5.74) is -0.0906. The van der Waals surface area contributed by atoms with E-state index in [1.807, 2.05) is 0 Å². The van der Waals surface area contributed by atoms with Crippen LogP contribution < -0.4 is 14.8 Å². The molecule has 170 valence electrons. The standard InChI is InChI=1S/C21H25F3N2O5/c1-20(2,3)31-19(27)26-13-4-5-15(28-11-13)12-29-18-8-9-25-17-7-6-14(10-16(17)18)30-21(22,23)24/h6-10,13,15H,4-5,11-12H2,1-3H3,(H,26,27)/t13-,15+/m1/s1. The predicted molar refractivity (Wildman–Crippen MR) is 106 cm³/mol. The summed E-state index contributed by atoms with van der Waals surface area (Å²) in [4.78, 5) is 16.0. The van der Waals surface area contributed by atoms with Crippen LogP contribution in [0.2, 0.25) is 0 Å². The average molecular weight is 442 g/mol. The van der Waals surface area contributed by atoms with Crippen LogP contribution in [0.3, 0.4) is 0 Å². The molecule has 1 amide bonds. The van der Waals surface area contributed by atoms with Gasteiger partial charge in [0.05, 0.1) is 24.3 Å². The summed E-state index contributed by atoms with van der Waals surface area (Å²) in [5.74, 6) is 0.0399. The number of alkyl halides is 3. The van der Waals surface area contributed by atoms with E-state index < -0.39 is 18.1 Å². The molecule has 2 aromatic rings. The quantitative estimate of drug-likeness (QED) is 0.730. The molecule has 1 N–H and O–H groups in total. The zero-order chi connectivity index (χ0) is 22.6. The van der Waals surface area contributed by atoms with Crippen LogP contribution in [0.4, 0.5) is 18.0 Å². The zero-order valence-electron chi connectivity index (χ0n) is 17.5. The number of carbonyl (C=O) groups excluding carboxylic acids is 1. The molecule has 1 aliphatic heterocycles. The van der Waals surface area contributed by atoms with E-state index in [1.54, 1.807) is 26.8 Å². The first-order valence-corrected chi connectivity index (χ1v) is 9.87. The number of aromatic nitrogens is 1. The molecule has 0 saturated carbocycles. The van der Waals surface area contributed by atoms with Gasteiger partial charge in [0.2, 0.25) is 0 Å². The van der Waals surface area contributed by atoms with Gasteiger partial charge in [-0.05, 0) is 57.9 Å². The highest BCUT2D eigenvalue weighted by atomic mass is 19.4. The van der Waals surface area contributed by atoms with E-state index in [0.29, 0.717) is 36.1 Å². The Balaban J connectivity index is 1.55. The largest absolute Gasteiger partial charge is 0.573 e. The lowest BCUT2D eigenvalue weighted by Gasteiger charge is -2.30. The van der Waals surface area contributed by atoms with Crippen molar-refractivity contribution in [2.75, 3.05) is 13.2 Å². The molecule has 1 saturated heterocycles. The fraction of sp³-hybridized carbons (Fsp3) is 0.524. The molecule has 3 rings (SSSR count). The fourth-order valence-electron chi connectivity index (χ4n) is 3.13.